The lowest BCUT2D eigenvalue weighted by Crippen LogP contribution is -2.16. The third-order valence-corrected chi connectivity index (χ3v) is 3.75. The normalized spacial score (nSPS) is 11.6. The summed E-state index contributed by atoms with van der Waals surface area (Å²) in [6, 6.07) is 15.8. The third-order valence-electron chi connectivity index (χ3n) is 3.75. The first-order valence-electron chi connectivity index (χ1n) is 6.25. The summed E-state index contributed by atoms with van der Waals surface area (Å²) in [6.45, 7) is 0. The summed E-state index contributed by atoms with van der Waals surface area (Å²) >= 11 is 0. The quantitative estimate of drug-likeness (QED) is 0.510. The maximum atomic E-state index is 12.4. The number of hydrogen-bond acceptors (Lipinski definition) is 1. The van der Waals surface area contributed by atoms with Crippen LogP contribution in [-0.2, 0) is 7.05 Å². The van der Waals surface area contributed by atoms with Crippen LogP contribution in [0.3, 0.4) is 0 Å². The smallest absolute Gasteiger partial charge is 0.258 e. The van der Waals surface area contributed by atoms with Crippen molar-refractivity contribution in [1.29, 1.82) is 0 Å². The summed E-state index contributed by atoms with van der Waals surface area (Å²) in [5.74, 6) is 0. The van der Waals surface area contributed by atoms with Gasteiger partial charge in [-0.1, -0.05) is 36.4 Å². The van der Waals surface area contributed by atoms with E-state index in [2.05, 4.69) is 4.98 Å². The summed E-state index contributed by atoms with van der Waals surface area (Å²) in [6.07, 6.45) is 0. The van der Waals surface area contributed by atoms with E-state index in [0.29, 0.717) is 0 Å². The van der Waals surface area contributed by atoms with Gasteiger partial charge in [0.25, 0.3) is 5.56 Å². The molecule has 0 bridgehead atoms. The molecule has 1 N–H and O–H groups in total. The minimum atomic E-state index is 0.0489. The van der Waals surface area contributed by atoms with Crippen LogP contribution in [-0.4, -0.2) is 9.55 Å². The van der Waals surface area contributed by atoms with Gasteiger partial charge >= 0.3 is 0 Å². The first-order valence-corrected chi connectivity index (χ1v) is 6.25. The van der Waals surface area contributed by atoms with Crippen molar-refractivity contribution in [1.82, 2.24) is 9.55 Å². The summed E-state index contributed by atoms with van der Waals surface area (Å²) < 4.78 is 1.73. The molecule has 0 aliphatic heterocycles. The van der Waals surface area contributed by atoms with Gasteiger partial charge in [0, 0.05) is 28.7 Å². The molecular formula is C16H12N2O. The zero-order valence-corrected chi connectivity index (χ0v) is 10.5. The Labute approximate surface area is 109 Å². The number of pyridine rings is 1. The highest BCUT2D eigenvalue weighted by molar-refractivity contribution is 6.14. The van der Waals surface area contributed by atoms with E-state index in [4.69, 9.17) is 0 Å². The minimum absolute atomic E-state index is 0.0489. The molecule has 2 heterocycles. The molecule has 0 aliphatic rings. The Kier molecular flexibility index (Phi) is 1.90. The lowest BCUT2D eigenvalue weighted by molar-refractivity contribution is 0.922. The van der Waals surface area contributed by atoms with E-state index in [1.54, 1.807) is 4.57 Å². The van der Waals surface area contributed by atoms with Crippen molar-refractivity contribution in [2.45, 2.75) is 0 Å². The molecule has 2 aromatic carbocycles. The van der Waals surface area contributed by atoms with Gasteiger partial charge in [-0.15, -0.1) is 0 Å². The molecule has 4 rings (SSSR count). The highest BCUT2D eigenvalue weighted by Gasteiger charge is 2.12. The van der Waals surface area contributed by atoms with E-state index in [1.807, 2.05) is 55.6 Å². The fourth-order valence-corrected chi connectivity index (χ4v) is 2.84. The van der Waals surface area contributed by atoms with Crippen LogP contribution < -0.4 is 5.56 Å². The van der Waals surface area contributed by atoms with Gasteiger partial charge in [0.15, 0.2) is 0 Å². The lowest BCUT2D eigenvalue weighted by atomic mass is 10.1. The molecule has 3 nitrogen and oxygen atoms in total. The fourth-order valence-electron chi connectivity index (χ4n) is 2.84. The van der Waals surface area contributed by atoms with E-state index in [0.717, 1.165) is 32.7 Å². The van der Waals surface area contributed by atoms with Crippen LogP contribution in [0, 0.1) is 0 Å². The molecule has 92 valence electrons. The van der Waals surface area contributed by atoms with Crippen LogP contribution in [0.4, 0.5) is 0 Å². The second kappa shape index (κ2) is 3.48. The maximum absolute atomic E-state index is 12.4. The van der Waals surface area contributed by atoms with Gasteiger partial charge in [-0.25, -0.2) is 0 Å². The predicted octanol–water partition coefficient (Wildman–Crippen LogP) is 3.17. The average molecular weight is 248 g/mol. The largest absolute Gasteiger partial charge is 0.353 e. The van der Waals surface area contributed by atoms with Gasteiger partial charge in [-0.3, -0.25) is 4.79 Å². The number of H-pyrrole nitrogens is 1. The molecule has 19 heavy (non-hydrogen) atoms. The first-order chi connectivity index (χ1) is 9.27. The number of fused-ring (bicyclic) bond motifs is 5. The molecule has 0 unspecified atom stereocenters. The topological polar surface area (TPSA) is 37.8 Å². The summed E-state index contributed by atoms with van der Waals surface area (Å²) in [5.41, 5.74) is 3.11. The molecule has 0 saturated heterocycles. The Hall–Kier alpha value is -2.55. The van der Waals surface area contributed by atoms with E-state index in [1.165, 1.54) is 0 Å². The van der Waals surface area contributed by atoms with Crippen LogP contribution in [0.1, 0.15) is 0 Å². The number of rotatable bonds is 0. The number of aromatic amines is 1. The molecule has 0 radical (unpaired) electrons. The van der Waals surface area contributed by atoms with Crippen LogP contribution in [0.2, 0.25) is 0 Å². The Bertz CT molecular complexity index is 992. The lowest BCUT2D eigenvalue weighted by Gasteiger charge is -2.05. The second-order valence-corrected chi connectivity index (χ2v) is 4.80. The second-order valence-electron chi connectivity index (χ2n) is 4.80. The van der Waals surface area contributed by atoms with Crippen molar-refractivity contribution in [2.75, 3.05) is 0 Å². The highest BCUT2D eigenvalue weighted by atomic mass is 16.1. The SMILES string of the molecule is Cn1c(=O)c2ccccc2c2[nH]c3ccccc3c21. The number of aromatic nitrogens is 2. The zero-order chi connectivity index (χ0) is 13.0. The Balaban J connectivity index is 2.45. The van der Waals surface area contributed by atoms with E-state index >= 15 is 0 Å². The Morgan fingerprint density at radius 3 is 2.32 bits per heavy atom. The molecule has 2 aromatic heterocycles. The van der Waals surface area contributed by atoms with Gasteiger partial charge in [0.2, 0.25) is 0 Å². The highest BCUT2D eigenvalue weighted by Crippen LogP contribution is 2.28. The van der Waals surface area contributed by atoms with Gasteiger partial charge in [-0.2, -0.15) is 0 Å². The van der Waals surface area contributed by atoms with Gasteiger partial charge in [0.1, 0.15) is 0 Å². The molecular weight excluding hydrogens is 236 g/mol. The molecule has 0 saturated carbocycles. The molecule has 0 amide bonds. The monoisotopic (exact) mass is 248 g/mol. The van der Waals surface area contributed by atoms with E-state index in [-0.39, 0.29) is 5.56 Å². The average Bonchev–Trinajstić information content (AvgIpc) is 2.84. The van der Waals surface area contributed by atoms with Crippen molar-refractivity contribution in [2.24, 2.45) is 7.05 Å². The van der Waals surface area contributed by atoms with Crippen molar-refractivity contribution < 1.29 is 0 Å². The summed E-state index contributed by atoms with van der Waals surface area (Å²) in [5, 5.41) is 2.82. The van der Waals surface area contributed by atoms with Crippen LogP contribution in [0.15, 0.2) is 53.3 Å². The Morgan fingerprint density at radius 2 is 1.53 bits per heavy atom. The fraction of sp³-hybridized carbons (Fsp3) is 0.0625. The van der Waals surface area contributed by atoms with E-state index in [9.17, 15) is 4.79 Å². The standard InChI is InChI=1S/C16H12N2O/c1-18-15-12-8-4-5-9-13(12)17-14(15)10-6-2-3-7-11(10)16(18)19/h2-9,17H,1H3. The summed E-state index contributed by atoms with van der Waals surface area (Å²) in [4.78, 5) is 15.9. The number of nitrogens with one attached hydrogen (secondary N) is 1. The molecule has 0 spiro atoms. The summed E-state index contributed by atoms with van der Waals surface area (Å²) in [7, 11) is 1.83. The molecule has 4 aromatic rings. The number of hydrogen-bond donors (Lipinski definition) is 1. The van der Waals surface area contributed by atoms with Gasteiger partial charge in [0.05, 0.1) is 11.0 Å². The van der Waals surface area contributed by atoms with Gasteiger partial charge < -0.3 is 9.55 Å². The van der Waals surface area contributed by atoms with Crippen LogP contribution in [0.25, 0.3) is 32.7 Å². The number of benzene rings is 2. The number of aryl methyl sites for hydroxylation is 1. The van der Waals surface area contributed by atoms with Gasteiger partial charge in [-0.05, 0) is 12.1 Å². The predicted molar refractivity (Wildman–Crippen MR) is 78.6 cm³/mol. The minimum Gasteiger partial charge on any atom is -0.353 e. The van der Waals surface area contributed by atoms with Crippen molar-refractivity contribution in [3.05, 3.63) is 58.9 Å². The van der Waals surface area contributed by atoms with Crippen molar-refractivity contribution in [3.63, 3.8) is 0 Å². The van der Waals surface area contributed by atoms with Crippen LogP contribution in [0.5, 0.6) is 0 Å². The van der Waals surface area contributed by atoms with Crippen molar-refractivity contribution >= 4 is 32.7 Å². The number of para-hydroxylation sites is 1. The molecule has 0 aliphatic carbocycles. The number of nitrogens with zero attached hydrogens (tertiary/aromatic N) is 1. The maximum Gasteiger partial charge on any atom is 0.258 e. The van der Waals surface area contributed by atoms with Crippen LogP contribution >= 0.6 is 0 Å². The van der Waals surface area contributed by atoms with E-state index < -0.39 is 0 Å². The zero-order valence-electron chi connectivity index (χ0n) is 10.5. The molecule has 0 fully saturated rings. The first kappa shape index (κ1) is 10.4. The Morgan fingerprint density at radius 1 is 0.895 bits per heavy atom. The van der Waals surface area contributed by atoms with Crippen molar-refractivity contribution in [3.8, 4) is 0 Å². The third kappa shape index (κ3) is 1.24. The molecule has 3 heteroatoms. The molecule has 0 atom stereocenters.